The number of carbonyl (C=O) groups is 2. The van der Waals surface area contributed by atoms with Gasteiger partial charge < -0.3 is 8.92 Å². The highest BCUT2D eigenvalue weighted by Gasteiger charge is 2.35. The Balaban J connectivity index is 1.60. The van der Waals surface area contributed by atoms with Crippen molar-refractivity contribution in [1.82, 2.24) is 4.90 Å². The van der Waals surface area contributed by atoms with Crippen LogP contribution in [0.2, 0.25) is 0 Å². The van der Waals surface area contributed by atoms with E-state index >= 15 is 0 Å². The van der Waals surface area contributed by atoms with Crippen LogP contribution in [0.5, 0.6) is 11.5 Å². The Kier molecular flexibility index (Phi) is 5.94. The van der Waals surface area contributed by atoms with Gasteiger partial charge in [-0.2, -0.15) is 8.42 Å². The molecule has 32 heavy (non-hydrogen) atoms. The standard InChI is InChI=1S/C23H19NO6S2/c1-29-20-12-15(10-11-19(20)30-32(2,27)28)13-21-22(25)24(23(26)31-21)14-17-8-5-7-16-6-3-4-9-18(16)17/h3-13H,14H2,1-2H3/b21-13-. The zero-order valence-electron chi connectivity index (χ0n) is 17.3. The minimum Gasteiger partial charge on any atom is -0.493 e. The fourth-order valence-corrected chi connectivity index (χ4v) is 4.70. The lowest BCUT2D eigenvalue weighted by Crippen LogP contribution is -2.27. The molecule has 4 rings (SSSR count). The fraction of sp³-hybridized carbons (Fsp3) is 0.130. The van der Waals surface area contributed by atoms with Crippen molar-refractivity contribution in [3.05, 3.63) is 76.7 Å². The normalized spacial score (nSPS) is 15.6. The van der Waals surface area contributed by atoms with Gasteiger partial charge in [-0.3, -0.25) is 14.5 Å². The van der Waals surface area contributed by atoms with Gasteiger partial charge >= 0.3 is 10.1 Å². The monoisotopic (exact) mass is 469 g/mol. The molecule has 1 saturated heterocycles. The van der Waals surface area contributed by atoms with E-state index in [0.29, 0.717) is 5.56 Å². The third-order valence-corrected chi connectivity index (χ3v) is 6.20. The van der Waals surface area contributed by atoms with E-state index in [2.05, 4.69) is 0 Å². The summed E-state index contributed by atoms with van der Waals surface area (Å²) in [6.45, 7) is 0.174. The molecule has 3 aromatic carbocycles. The first kappa shape index (κ1) is 21.9. The summed E-state index contributed by atoms with van der Waals surface area (Å²) < 4.78 is 32.9. The van der Waals surface area contributed by atoms with Gasteiger partial charge in [0.2, 0.25) is 0 Å². The van der Waals surface area contributed by atoms with Crippen molar-refractivity contribution in [2.24, 2.45) is 0 Å². The number of fused-ring (bicyclic) bond motifs is 1. The van der Waals surface area contributed by atoms with Crippen LogP contribution in [0.3, 0.4) is 0 Å². The molecule has 1 fully saturated rings. The fourth-order valence-electron chi connectivity index (χ4n) is 3.39. The molecule has 1 aliphatic rings. The number of benzene rings is 3. The largest absolute Gasteiger partial charge is 0.493 e. The van der Waals surface area contributed by atoms with Crippen LogP contribution in [-0.4, -0.2) is 37.8 Å². The Morgan fingerprint density at radius 1 is 1.00 bits per heavy atom. The minimum absolute atomic E-state index is 0.0382. The number of hydrogen-bond acceptors (Lipinski definition) is 7. The summed E-state index contributed by atoms with van der Waals surface area (Å²) in [6.07, 6.45) is 2.51. The van der Waals surface area contributed by atoms with Gasteiger partial charge in [0.05, 0.1) is 24.8 Å². The first-order valence-electron chi connectivity index (χ1n) is 9.54. The summed E-state index contributed by atoms with van der Waals surface area (Å²) in [5, 5.41) is 1.68. The predicted molar refractivity (Wildman–Crippen MR) is 124 cm³/mol. The lowest BCUT2D eigenvalue weighted by Gasteiger charge is -2.14. The number of carbonyl (C=O) groups excluding carboxylic acids is 2. The first-order chi connectivity index (χ1) is 15.2. The van der Waals surface area contributed by atoms with Gasteiger partial charge in [-0.1, -0.05) is 48.5 Å². The maximum Gasteiger partial charge on any atom is 0.306 e. The molecule has 0 radical (unpaired) electrons. The Labute approximate surface area is 189 Å². The number of rotatable bonds is 6. The van der Waals surface area contributed by atoms with Crippen LogP contribution in [-0.2, 0) is 21.5 Å². The molecule has 0 unspecified atom stereocenters. The molecular weight excluding hydrogens is 450 g/mol. The maximum atomic E-state index is 13.0. The molecule has 164 valence electrons. The average Bonchev–Trinajstić information content (AvgIpc) is 3.01. The zero-order valence-corrected chi connectivity index (χ0v) is 18.9. The number of nitrogens with zero attached hydrogens (tertiary/aromatic N) is 1. The second kappa shape index (κ2) is 8.68. The number of amides is 2. The third-order valence-electron chi connectivity index (χ3n) is 4.81. The van der Waals surface area contributed by atoms with Crippen LogP contribution in [0, 0.1) is 0 Å². The minimum atomic E-state index is -3.72. The highest BCUT2D eigenvalue weighted by Crippen LogP contribution is 2.36. The van der Waals surface area contributed by atoms with Crippen molar-refractivity contribution in [2.75, 3.05) is 13.4 Å². The van der Waals surface area contributed by atoms with Gasteiger partial charge in [0.1, 0.15) is 0 Å². The highest BCUT2D eigenvalue weighted by atomic mass is 32.2. The first-order valence-corrected chi connectivity index (χ1v) is 12.2. The van der Waals surface area contributed by atoms with Crippen molar-refractivity contribution >= 4 is 49.9 Å². The Morgan fingerprint density at radius 3 is 2.50 bits per heavy atom. The van der Waals surface area contributed by atoms with Crippen LogP contribution in [0.25, 0.3) is 16.8 Å². The average molecular weight is 470 g/mol. The molecule has 0 spiro atoms. The van der Waals surface area contributed by atoms with Crippen LogP contribution >= 0.6 is 11.8 Å². The topological polar surface area (TPSA) is 90.0 Å². The molecule has 0 bridgehead atoms. The number of thioether (sulfide) groups is 1. The molecule has 1 heterocycles. The van der Waals surface area contributed by atoms with Crippen LogP contribution in [0.1, 0.15) is 11.1 Å². The SMILES string of the molecule is COc1cc(/C=C2\SC(=O)N(Cc3cccc4ccccc34)C2=O)ccc1OS(C)(=O)=O. The summed E-state index contributed by atoms with van der Waals surface area (Å²) in [5.41, 5.74) is 1.45. The Bertz CT molecular complexity index is 1360. The molecule has 0 aromatic heterocycles. The van der Waals surface area contributed by atoms with Gasteiger partial charge in [-0.25, -0.2) is 0 Å². The van der Waals surface area contributed by atoms with Crippen molar-refractivity contribution < 1.29 is 26.9 Å². The van der Waals surface area contributed by atoms with Gasteiger partial charge in [0.15, 0.2) is 11.5 Å². The number of hydrogen-bond donors (Lipinski definition) is 0. The van der Waals surface area contributed by atoms with Crippen LogP contribution in [0.15, 0.2) is 65.6 Å². The number of ether oxygens (including phenoxy) is 1. The van der Waals surface area contributed by atoms with E-state index in [1.54, 1.807) is 18.2 Å². The number of imide groups is 1. The Morgan fingerprint density at radius 2 is 1.75 bits per heavy atom. The van der Waals surface area contributed by atoms with Crippen LogP contribution in [0.4, 0.5) is 4.79 Å². The van der Waals surface area contributed by atoms with Crippen molar-refractivity contribution in [1.29, 1.82) is 0 Å². The molecule has 0 saturated carbocycles. The summed E-state index contributed by atoms with van der Waals surface area (Å²) in [6, 6.07) is 18.2. The second-order valence-corrected chi connectivity index (χ2v) is 9.67. The molecular formula is C23H19NO6S2. The lowest BCUT2D eigenvalue weighted by molar-refractivity contribution is -0.123. The number of methoxy groups -OCH3 is 1. The van der Waals surface area contributed by atoms with E-state index in [0.717, 1.165) is 34.4 Å². The summed E-state index contributed by atoms with van der Waals surface area (Å²) in [4.78, 5) is 27.0. The molecule has 0 aliphatic carbocycles. The van der Waals surface area contributed by atoms with E-state index in [9.17, 15) is 18.0 Å². The van der Waals surface area contributed by atoms with Gasteiger partial charge in [-0.15, -0.1) is 0 Å². The van der Waals surface area contributed by atoms with E-state index in [-0.39, 0.29) is 34.1 Å². The van der Waals surface area contributed by atoms with Gasteiger partial charge in [0, 0.05) is 0 Å². The van der Waals surface area contributed by atoms with Gasteiger partial charge in [0.25, 0.3) is 11.1 Å². The molecule has 9 heteroatoms. The molecule has 0 atom stereocenters. The summed E-state index contributed by atoms with van der Waals surface area (Å²) >= 11 is 0.860. The molecule has 3 aromatic rings. The smallest absolute Gasteiger partial charge is 0.306 e. The Hall–Kier alpha value is -3.30. The van der Waals surface area contributed by atoms with Crippen molar-refractivity contribution in [3.8, 4) is 11.5 Å². The quantitative estimate of drug-likeness (QED) is 0.390. The molecule has 2 amide bonds. The van der Waals surface area contributed by atoms with Crippen molar-refractivity contribution in [2.45, 2.75) is 6.54 Å². The van der Waals surface area contributed by atoms with E-state index in [1.165, 1.54) is 18.1 Å². The summed E-state index contributed by atoms with van der Waals surface area (Å²) in [7, 11) is -2.34. The second-order valence-electron chi connectivity index (χ2n) is 7.10. The van der Waals surface area contributed by atoms with E-state index in [1.807, 2.05) is 42.5 Å². The van der Waals surface area contributed by atoms with Crippen LogP contribution < -0.4 is 8.92 Å². The highest BCUT2D eigenvalue weighted by molar-refractivity contribution is 8.18. The van der Waals surface area contributed by atoms with Crippen molar-refractivity contribution in [3.63, 3.8) is 0 Å². The maximum absolute atomic E-state index is 13.0. The lowest BCUT2D eigenvalue weighted by atomic mass is 10.0. The summed E-state index contributed by atoms with van der Waals surface area (Å²) in [5.74, 6) is -0.154. The van der Waals surface area contributed by atoms with E-state index < -0.39 is 10.1 Å². The molecule has 1 aliphatic heterocycles. The third kappa shape index (κ3) is 4.63. The molecule has 0 N–H and O–H groups in total. The zero-order chi connectivity index (χ0) is 22.9. The van der Waals surface area contributed by atoms with E-state index in [4.69, 9.17) is 8.92 Å². The predicted octanol–water partition coefficient (Wildman–Crippen LogP) is 4.42. The molecule has 7 nitrogen and oxygen atoms in total. The van der Waals surface area contributed by atoms with Gasteiger partial charge in [-0.05, 0) is 51.9 Å².